The van der Waals surface area contributed by atoms with Gasteiger partial charge in [-0.05, 0) is 0 Å². The minimum atomic E-state index is 0.417. The monoisotopic (exact) mass is 121 g/mol. The average molecular weight is 121 g/mol. The van der Waals surface area contributed by atoms with Gasteiger partial charge in [0, 0.05) is 24.9 Å². The second-order valence-corrected chi connectivity index (χ2v) is 4.11. The summed E-state index contributed by atoms with van der Waals surface area (Å²) in [6.07, 6.45) is 4.35. The van der Waals surface area contributed by atoms with E-state index in [2.05, 4.69) is 19.4 Å². The van der Waals surface area contributed by atoms with Gasteiger partial charge in [-0.15, -0.1) is 0 Å². The van der Waals surface area contributed by atoms with Crippen LogP contribution in [-0.4, -0.2) is 25.1 Å². The molecular formula is C5H13OS+. The molecule has 2 heteroatoms. The summed E-state index contributed by atoms with van der Waals surface area (Å²) in [5, 5.41) is 0. The Hall–Kier alpha value is 0.310. The predicted octanol–water partition coefficient (Wildman–Crippen LogP) is 0.857. The topological polar surface area (TPSA) is 9.23 Å². The van der Waals surface area contributed by atoms with Gasteiger partial charge in [-0.1, -0.05) is 0 Å². The molecule has 0 aromatic rings. The molecule has 1 atom stereocenters. The summed E-state index contributed by atoms with van der Waals surface area (Å²) in [5.74, 6) is 0. The maximum Gasteiger partial charge on any atom is 0.214 e. The van der Waals surface area contributed by atoms with Gasteiger partial charge >= 0.3 is 0 Å². The van der Waals surface area contributed by atoms with E-state index in [1.807, 2.05) is 0 Å². The lowest BCUT2D eigenvalue weighted by molar-refractivity contribution is 0.185. The molecule has 0 radical (unpaired) electrons. The lowest BCUT2D eigenvalue weighted by Crippen LogP contribution is -2.16. The van der Waals surface area contributed by atoms with Gasteiger partial charge in [0.2, 0.25) is 5.44 Å². The third-order valence-corrected chi connectivity index (χ3v) is 2.52. The van der Waals surface area contributed by atoms with Crippen LogP contribution in [0.5, 0.6) is 0 Å². The second-order valence-electron chi connectivity index (χ2n) is 1.68. The molecule has 1 unspecified atom stereocenters. The normalized spacial score (nSPS) is 15.0. The minimum Gasteiger partial charge on any atom is -0.337 e. The molecule has 44 valence electrons. The number of methoxy groups -OCH3 is 1. The highest BCUT2D eigenvalue weighted by Crippen LogP contribution is 1.96. The van der Waals surface area contributed by atoms with Gasteiger partial charge in [-0.3, -0.25) is 0 Å². The van der Waals surface area contributed by atoms with Crippen molar-refractivity contribution in [1.29, 1.82) is 0 Å². The summed E-state index contributed by atoms with van der Waals surface area (Å²) in [7, 11) is 2.17. The maximum absolute atomic E-state index is 5.02. The van der Waals surface area contributed by atoms with Gasteiger partial charge in [0.25, 0.3) is 0 Å². The maximum atomic E-state index is 5.02. The summed E-state index contributed by atoms with van der Waals surface area (Å²) in [4.78, 5) is 0. The van der Waals surface area contributed by atoms with Crippen LogP contribution in [0.15, 0.2) is 0 Å². The van der Waals surface area contributed by atoms with Crippen LogP contribution < -0.4 is 0 Å². The molecule has 0 amide bonds. The van der Waals surface area contributed by atoms with Gasteiger partial charge in [0.1, 0.15) is 0 Å². The molecule has 0 saturated carbocycles. The Kier molecular flexibility index (Phi) is 3.48. The molecule has 1 nitrogen and oxygen atoms in total. The van der Waals surface area contributed by atoms with E-state index in [1.54, 1.807) is 7.11 Å². The first-order valence-corrected chi connectivity index (χ1v) is 4.38. The molecule has 0 spiro atoms. The number of rotatable bonds is 2. The Bertz CT molecular complexity index is 45.3. The molecule has 0 N–H and O–H groups in total. The average Bonchev–Trinajstić information content (AvgIpc) is 1.65. The van der Waals surface area contributed by atoms with Crippen LogP contribution in [0.4, 0.5) is 0 Å². The summed E-state index contributed by atoms with van der Waals surface area (Å²) in [5.41, 5.74) is 0.431. The largest absolute Gasteiger partial charge is 0.337 e. The lowest BCUT2D eigenvalue weighted by Gasteiger charge is -2.02. The highest BCUT2D eigenvalue weighted by Gasteiger charge is 2.11. The Morgan fingerprint density at radius 3 is 1.86 bits per heavy atom. The number of hydrogen-bond acceptors (Lipinski definition) is 1. The molecular weight excluding hydrogens is 108 g/mol. The van der Waals surface area contributed by atoms with E-state index in [-0.39, 0.29) is 0 Å². The fraction of sp³-hybridized carbons (Fsp3) is 1.00. The van der Waals surface area contributed by atoms with Crippen LogP contribution in [0.25, 0.3) is 0 Å². The zero-order valence-electron chi connectivity index (χ0n) is 5.39. The van der Waals surface area contributed by atoms with E-state index in [0.29, 0.717) is 16.3 Å². The smallest absolute Gasteiger partial charge is 0.214 e. The van der Waals surface area contributed by atoms with E-state index in [9.17, 15) is 0 Å². The molecule has 0 bridgehead atoms. The van der Waals surface area contributed by atoms with E-state index in [1.165, 1.54) is 0 Å². The van der Waals surface area contributed by atoms with E-state index < -0.39 is 0 Å². The molecule has 0 rings (SSSR count). The third-order valence-electron chi connectivity index (χ3n) is 0.996. The van der Waals surface area contributed by atoms with Crippen LogP contribution >= 0.6 is 0 Å². The Labute approximate surface area is 48.4 Å². The Morgan fingerprint density at radius 1 is 1.43 bits per heavy atom. The first kappa shape index (κ1) is 7.31. The second kappa shape index (κ2) is 3.33. The van der Waals surface area contributed by atoms with Crippen molar-refractivity contribution >= 4 is 10.9 Å². The van der Waals surface area contributed by atoms with Crippen molar-refractivity contribution in [3.05, 3.63) is 0 Å². The third kappa shape index (κ3) is 2.94. The van der Waals surface area contributed by atoms with Gasteiger partial charge in [0.05, 0.1) is 12.5 Å². The molecule has 0 aliphatic carbocycles. The van der Waals surface area contributed by atoms with Crippen LogP contribution in [0.1, 0.15) is 6.92 Å². The van der Waals surface area contributed by atoms with E-state index in [4.69, 9.17) is 4.74 Å². The van der Waals surface area contributed by atoms with Crippen LogP contribution in [0.2, 0.25) is 0 Å². The summed E-state index contributed by atoms with van der Waals surface area (Å²) >= 11 is 0. The van der Waals surface area contributed by atoms with E-state index in [0.717, 1.165) is 0 Å². The zero-order valence-corrected chi connectivity index (χ0v) is 6.21. The van der Waals surface area contributed by atoms with Crippen molar-refractivity contribution in [2.24, 2.45) is 0 Å². The molecule has 7 heavy (non-hydrogen) atoms. The van der Waals surface area contributed by atoms with Crippen molar-refractivity contribution in [1.82, 2.24) is 0 Å². The van der Waals surface area contributed by atoms with Crippen molar-refractivity contribution < 1.29 is 4.74 Å². The van der Waals surface area contributed by atoms with Gasteiger partial charge in [-0.25, -0.2) is 0 Å². The van der Waals surface area contributed by atoms with Crippen molar-refractivity contribution in [2.45, 2.75) is 12.4 Å². The fourth-order valence-electron chi connectivity index (χ4n) is 0.192. The summed E-state index contributed by atoms with van der Waals surface area (Å²) < 4.78 is 5.02. The number of hydrogen-bond donors (Lipinski definition) is 0. The van der Waals surface area contributed by atoms with Crippen molar-refractivity contribution in [3.63, 3.8) is 0 Å². The molecule has 0 aliphatic heterocycles. The molecule has 0 saturated heterocycles. The highest BCUT2D eigenvalue weighted by atomic mass is 32.2. The Morgan fingerprint density at radius 2 is 1.86 bits per heavy atom. The predicted molar refractivity (Wildman–Crippen MR) is 35.7 cm³/mol. The number of ether oxygens (including phenoxy) is 1. The first-order valence-electron chi connectivity index (χ1n) is 2.27. The van der Waals surface area contributed by atoms with Gasteiger partial charge in [-0.2, -0.15) is 0 Å². The quantitative estimate of drug-likeness (QED) is 0.492. The van der Waals surface area contributed by atoms with E-state index >= 15 is 0 Å². The molecule has 0 aliphatic rings. The lowest BCUT2D eigenvalue weighted by atomic mass is 10.9. The molecule has 0 aromatic carbocycles. The first-order chi connectivity index (χ1) is 3.18. The molecule has 0 fully saturated rings. The van der Waals surface area contributed by atoms with Crippen molar-refractivity contribution in [3.8, 4) is 0 Å². The van der Waals surface area contributed by atoms with Crippen molar-refractivity contribution in [2.75, 3.05) is 19.6 Å². The highest BCUT2D eigenvalue weighted by molar-refractivity contribution is 7.95. The van der Waals surface area contributed by atoms with Crippen LogP contribution in [0, 0.1) is 0 Å². The molecule has 0 aromatic heterocycles. The fourth-order valence-corrected chi connectivity index (χ4v) is 0.577. The van der Waals surface area contributed by atoms with Gasteiger partial charge < -0.3 is 4.74 Å². The van der Waals surface area contributed by atoms with Gasteiger partial charge in [0.15, 0.2) is 0 Å². The SMILES string of the molecule is COC(C)[S+](C)C. The minimum absolute atomic E-state index is 0.417. The summed E-state index contributed by atoms with van der Waals surface area (Å²) in [6.45, 7) is 2.09. The standard InChI is InChI=1S/C5H13OS/c1-5(6-2)7(3)4/h5H,1-4H3/q+1. The zero-order chi connectivity index (χ0) is 5.86. The molecule has 0 heterocycles. The summed E-state index contributed by atoms with van der Waals surface area (Å²) in [6, 6.07) is 0. The Balaban J connectivity index is 3.14. The van der Waals surface area contributed by atoms with Crippen LogP contribution in [-0.2, 0) is 15.6 Å². The van der Waals surface area contributed by atoms with Crippen LogP contribution in [0.3, 0.4) is 0 Å².